The Hall–Kier alpha value is -3.19. The predicted molar refractivity (Wildman–Crippen MR) is 125 cm³/mol. The lowest BCUT2D eigenvalue weighted by Crippen LogP contribution is -2.32. The molecule has 1 aliphatic rings. The number of terminal acetylenes is 1. The van der Waals surface area contributed by atoms with Crippen LogP contribution in [0.25, 0.3) is 10.9 Å². The molecule has 1 atom stereocenters. The van der Waals surface area contributed by atoms with Gasteiger partial charge in [0.05, 0.1) is 29.6 Å². The van der Waals surface area contributed by atoms with Gasteiger partial charge in [-0.1, -0.05) is 36.3 Å². The number of carbonyl (C=O) groups is 1. The van der Waals surface area contributed by atoms with E-state index in [2.05, 4.69) is 16.3 Å². The summed E-state index contributed by atoms with van der Waals surface area (Å²) in [5.41, 5.74) is 2.04. The zero-order chi connectivity index (χ0) is 23.4. The summed E-state index contributed by atoms with van der Waals surface area (Å²) in [4.78, 5) is 13.0. The van der Waals surface area contributed by atoms with Gasteiger partial charge < -0.3 is 10.1 Å². The minimum Gasteiger partial charge on any atom is -0.376 e. The Labute approximate surface area is 193 Å². The second-order valence-electron chi connectivity index (χ2n) is 7.98. The second-order valence-corrected chi connectivity index (χ2v) is 10.0. The molecule has 1 aliphatic heterocycles. The molecule has 3 aromatic rings. The van der Waals surface area contributed by atoms with Gasteiger partial charge in [-0.15, -0.1) is 6.42 Å². The van der Waals surface area contributed by atoms with E-state index >= 15 is 0 Å². The number of hydrogen-bond donors (Lipinski definition) is 1. The lowest BCUT2D eigenvalue weighted by molar-refractivity contribution is 0.0854. The fourth-order valence-corrected chi connectivity index (χ4v) is 4.93. The van der Waals surface area contributed by atoms with Crippen molar-refractivity contribution in [2.75, 3.05) is 26.7 Å². The molecular weight excluding hydrogens is 440 g/mol. The zero-order valence-electron chi connectivity index (χ0n) is 18.4. The summed E-state index contributed by atoms with van der Waals surface area (Å²) < 4.78 is 33.6. The summed E-state index contributed by atoms with van der Waals surface area (Å²) >= 11 is 0. The molecule has 0 saturated carbocycles. The lowest BCUT2D eigenvalue weighted by atomic mass is 10.2. The first-order valence-corrected chi connectivity index (χ1v) is 12.2. The van der Waals surface area contributed by atoms with Crippen LogP contribution in [0, 0.1) is 12.3 Å². The Morgan fingerprint density at radius 2 is 2.03 bits per heavy atom. The van der Waals surface area contributed by atoms with Gasteiger partial charge in [0, 0.05) is 25.6 Å². The van der Waals surface area contributed by atoms with Gasteiger partial charge in [-0.05, 0) is 36.6 Å². The number of fused-ring (bicyclic) bond motifs is 1. The smallest absolute Gasteiger partial charge is 0.272 e. The summed E-state index contributed by atoms with van der Waals surface area (Å²) in [7, 11) is -2.19. The van der Waals surface area contributed by atoms with Gasteiger partial charge in [0.2, 0.25) is 10.0 Å². The van der Waals surface area contributed by atoms with Crippen LogP contribution in [-0.4, -0.2) is 61.3 Å². The van der Waals surface area contributed by atoms with Crippen LogP contribution in [0.3, 0.4) is 0 Å². The lowest BCUT2D eigenvalue weighted by Gasteiger charge is -2.14. The van der Waals surface area contributed by atoms with E-state index in [4.69, 9.17) is 11.2 Å². The van der Waals surface area contributed by atoms with E-state index in [1.807, 2.05) is 24.3 Å². The number of nitrogens with one attached hydrogen (secondary N) is 1. The van der Waals surface area contributed by atoms with Crippen LogP contribution in [-0.2, 0) is 21.3 Å². The first-order chi connectivity index (χ1) is 15.9. The number of para-hydroxylation sites is 1. The molecule has 4 rings (SSSR count). The van der Waals surface area contributed by atoms with E-state index in [1.165, 1.54) is 7.05 Å². The Kier molecular flexibility index (Phi) is 6.79. The molecule has 1 aromatic heterocycles. The van der Waals surface area contributed by atoms with E-state index in [1.54, 1.807) is 28.9 Å². The van der Waals surface area contributed by atoms with Gasteiger partial charge >= 0.3 is 0 Å². The number of benzene rings is 2. The summed E-state index contributed by atoms with van der Waals surface area (Å²) in [6.07, 6.45) is 7.24. The summed E-state index contributed by atoms with van der Waals surface area (Å²) in [5.74, 6) is 2.10. The van der Waals surface area contributed by atoms with Gasteiger partial charge in [0.15, 0.2) is 5.69 Å². The van der Waals surface area contributed by atoms with Crippen molar-refractivity contribution in [2.45, 2.75) is 30.4 Å². The number of sulfonamides is 1. The maximum Gasteiger partial charge on any atom is 0.272 e. The first kappa shape index (κ1) is 23.0. The van der Waals surface area contributed by atoms with Gasteiger partial charge in [0.25, 0.3) is 5.91 Å². The molecule has 1 saturated heterocycles. The Morgan fingerprint density at radius 3 is 2.73 bits per heavy atom. The number of rotatable bonds is 8. The molecule has 1 N–H and O–H groups in total. The van der Waals surface area contributed by atoms with Gasteiger partial charge in [0.1, 0.15) is 0 Å². The monoisotopic (exact) mass is 466 g/mol. The molecule has 8 nitrogen and oxygen atoms in total. The maximum atomic E-state index is 12.8. The van der Waals surface area contributed by atoms with Crippen molar-refractivity contribution in [3.05, 3.63) is 59.8 Å². The molecule has 1 fully saturated rings. The normalized spacial score (nSPS) is 16.2. The quantitative estimate of drug-likeness (QED) is 0.514. The molecule has 2 heterocycles. The van der Waals surface area contributed by atoms with Crippen LogP contribution >= 0.6 is 0 Å². The Bertz CT molecular complexity index is 1290. The molecule has 9 heteroatoms. The maximum absolute atomic E-state index is 12.8. The molecule has 1 unspecified atom stereocenters. The van der Waals surface area contributed by atoms with Crippen molar-refractivity contribution in [3.63, 3.8) is 0 Å². The third-order valence-electron chi connectivity index (χ3n) is 5.67. The largest absolute Gasteiger partial charge is 0.376 e. The highest BCUT2D eigenvalue weighted by atomic mass is 32.2. The van der Waals surface area contributed by atoms with Crippen LogP contribution in [0.1, 0.15) is 28.9 Å². The molecule has 0 aliphatic carbocycles. The number of carbonyl (C=O) groups excluding carboxylic acids is 1. The van der Waals surface area contributed by atoms with E-state index in [0.29, 0.717) is 18.8 Å². The fraction of sp³-hybridized carbons (Fsp3) is 0.333. The van der Waals surface area contributed by atoms with Crippen molar-refractivity contribution < 1.29 is 17.9 Å². The standard InChI is InChI=1S/C24H26N4O4S/c1-3-14-27(2)33(30,31)20-12-10-18(11-13-20)17-28-22-9-5-4-8-21(22)23(26-28)24(29)25-16-19-7-6-15-32-19/h1,4-5,8-13,19H,6-7,14-17H2,2H3,(H,25,29). The van der Waals surface area contributed by atoms with E-state index in [-0.39, 0.29) is 23.5 Å². The predicted octanol–water partition coefficient (Wildman–Crippen LogP) is 2.25. The van der Waals surface area contributed by atoms with Crippen LogP contribution in [0.15, 0.2) is 53.4 Å². The molecule has 172 valence electrons. The fourth-order valence-electron chi connectivity index (χ4n) is 3.84. The first-order valence-electron chi connectivity index (χ1n) is 10.7. The van der Waals surface area contributed by atoms with Gasteiger partial charge in [-0.25, -0.2) is 8.42 Å². The van der Waals surface area contributed by atoms with Crippen LogP contribution in [0.2, 0.25) is 0 Å². The molecule has 0 spiro atoms. The molecule has 0 radical (unpaired) electrons. The number of nitrogens with zero attached hydrogens (tertiary/aromatic N) is 3. The van der Waals surface area contributed by atoms with Crippen molar-refractivity contribution >= 4 is 26.8 Å². The topological polar surface area (TPSA) is 93.5 Å². The van der Waals surface area contributed by atoms with Crippen molar-refractivity contribution in [2.24, 2.45) is 0 Å². The average Bonchev–Trinajstić information content (AvgIpc) is 3.46. The third-order valence-corrected chi connectivity index (χ3v) is 7.48. The van der Waals surface area contributed by atoms with Crippen LogP contribution in [0.5, 0.6) is 0 Å². The van der Waals surface area contributed by atoms with Crippen molar-refractivity contribution in [1.29, 1.82) is 0 Å². The van der Waals surface area contributed by atoms with Crippen LogP contribution in [0.4, 0.5) is 0 Å². The highest BCUT2D eigenvalue weighted by Crippen LogP contribution is 2.21. The molecular formula is C24H26N4O4S. The summed E-state index contributed by atoms with van der Waals surface area (Å²) in [6, 6.07) is 14.1. The number of ether oxygens (including phenoxy) is 1. The minimum absolute atomic E-state index is 0.00107. The highest BCUT2D eigenvalue weighted by molar-refractivity contribution is 7.89. The Morgan fingerprint density at radius 1 is 1.27 bits per heavy atom. The average molecular weight is 467 g/mol. The van der Waals surface area contributed by atoms with Crippen molar-refractivity contribution in [1.82, 2.24) is 19.4 Å². The van der Waals surface area contributed by atoms with E-state index in [9.17, 15) is 13.2 Å². The number of aromatic nitrogens is 2. The summed E-state index contributed by atoms with van der Waals surface area (Å²) in [6.45, 7) is 1.59. The SMILES string of the molecule is C#CCN(C)S(=O)(=O)c1ccc(Cn2nc(C(=O)NCC3CCCO3)c3ccccc32)cc1. The third kappa shape index (κ3) is 4.93. The van der Waals surface area contributed by atoms with Crippen molar-refractivity contribution in [3.8, 4) is 12.3 Å². The molecule has 0 bridgehead atoms. The minimum atomic E-state index is -3.64. The molecule has 2 aromatic carbocycles. The highest BCUT2D eigenvalue weighted by Gasteiger charge is 2.22. The molecule has 33 heavy (non-hydrogen) atoms. The summed E-state index contributed by atoms with van der Waals surface area (Å²) in [5, 5.41) is 8.26. The van der Waals surface area contributed by atoms with Crippen LogP contribution < -0.4 is 5.32 Å². The van der Waals surface area contributed by atoms with E-state index < -0.39 is 10.0 Å². The Balaban J connectivity index is 1.54. The molecule has 1 amide bonds. The number of amides is 1. The van der Waals surface area contributed by atoms with E-state index in [0.717, 1.165) is 40.2 Å². The van der Waals surface area contributed by atoms with Gasteiger partial charge in [-0.3, -0.25) is 9.48 Å². The zero-order valence-corrected chi connectivity index (χ0v) is 19.2. The van der Waals surface area contributed by atoms with Gasteiger partial charge in [-0.2, -0.15) is 9.40 Å². The second kappa shape index (κ2) is 9.75. The number of hydrogen-bond acceptors (Lipinski definition) is 5.